The van der Waals surface area contributed by atoms with Crippen LogP contribution in [0.25, 0.3) is 39.0 Å². The maximum Gasteiger partial charge on any atom is 0.269 e. The van der Waals surface area contributed by atoms with Crippen molar-refractivity contribution in [3.8, 4) is 22.5 Å². The molecule has 3 aromatic heterocycles. The first-order valence-electron chi connectivity index (χ1n) is 19.8. The Balaban J connectivity index is 0.845. The van der Waals surface area contributed by atoms with Gasteiger partial charge < -0.3 is 24.6 Å². The lowest BCUT2D eigenvalue weighted by atomic mass is 10.0. The fourth-order valence-electron chi connectivity index (χ4n) is 8.96. The predicted molar refractivity (Wildman–Crippen MR) is 217 cm³/mol. The Kier molecular flexibility index (Phi) is 9.30. The highest BCUT2D eigenvalue weighted by atomic mass is 16.2. The van der Waals surface area contributed by atoms with E-state index in [1.54, 1.807) is 19.2 Å². The van der Waals surface area contributed by atoms with E-state index < -0.39 is 6.04 Å². The molecule has 2 aromatic carbocycles. The van der Waals surface area contributed by atoms with E-state index in [9.17, 15) is 19.2 Å². The number of anilines is 1. The zero-order chi connectivity index (χ0) is 39.4. The Morgan fingerprint density at radius 1 is 0.965 bits per heavy atom. The first-order valence-corrected chi connectivity index (χ1v) is 19.8. The predicted octanol–water partition coefficient (Wildman–Crippen LogP) is 4.93. The molecule has 2 unspecified atom stereocenters. The summed E-state index contributed by atoms with van der Waals surface area (Å²) in [6.07, 6.45) is 6.12. The van der Waals surface area contributed by atoms with Gasteiger partial charge in [0.05, 0.1) is 23.6 Å². The first kappa shape index (κ1) is 36.3. The average molecular weight is 764 g/mol. The maximum atomic E-state index is 13.3. The number of hydrogen-bond donors (Lipinski definition) is 2. The van der Waals surface area contributed by atoms with E-state index >= 15 is 0 Å². The van der Waals surface area contributed by atoms with E-state index in [-0.39, 0.29) is 29.5 Å². The minimum absolute atomic E-state index is 0.0655. The molecular weight excluding hydrogens is 719 g/mol. The van der Waals surface area contributed by atoms with Crippen LogP contribution in [0.3, 0.4) is 0 Å². The number of hydrogen-bond acceptors (Lipinski definition) is 9. The average Bonchev–Trinajstić information content (AvgIpc) is 3.95. The number of fused-ring (bicyclic) bond motifs is 3. The lowest BCUT2D eigenvalue weighted by Crippen LogP contribution is -2.50. The molecule has 4 aliphatic rings. The summed E-state index contributed by atoms with van der Waals surface area (Å²) >= 11 is 0. The quantitative estimate of drug-likeness (QED) is 0.210. The van der Waals surface area contributed by atoms with Crippen LogP contribution in [0.1, 0.15) is 66.2 Å². The van der Waals surface area contributed by atoms with E-state index in [0.29, 0.717) is 44.7 Å². The van der Waals surface area contributed by atoms with Crippen molar-refractivity contribution in [3.63, 3.8) is 0 Å². The summed E-state index contributed by atoms with van der Waals surface area (Å²) in [5.41, 5.74) is 8.97. The van der Waals surface area contributed by atoms with Crippen molar-refractivity contribution in [2.75, 3.05) is 31.1 Å². The van der Waals surface area contributed by atoms with Gasteiger partial charge in [0.15, 0.2) is 0 Å². The first-order chi connectivity index (χ1) is 27.7. The van der Waals surface area contributed by atoms with Gasteiger partial charge in [0.25, 0.3) is 5.91 Å². The fraction of sp³-hybridized carbons (Fsp3) is 0.341. The van der Waals surface area contributed by atoms with Crippen LogP contribution in [0.4, 0.5) is 5.69 Å². The summed E-state index contributed by atoms with van der Waals surface area (Å²) in [5, 5.41) is 7.58. The van der Waals surface area contributed by atoms with Crippen molar-refractivity contribution in [3.05, 3.63) is 102 Å². The molecule has 2 fully saturated rings. The lowest BCUT2D eigenvalue weighted by Gasteiger charge is -2.31. The molecule has 290 valence electrons. The number of imidazole rings is 1. The molecule has 0 bridgehead atoms. The smallest absolute Gasteiger partial charge is 0.269 e. The largest absolute Gasteiger partial charge is 0.371 e. The second-order valence-electron chi connectivity index (χ2n) is 15.5. The molecule has 4 aliphatic heterocycles. The van der Waals surface area contributed by atoms with Crippen LogP contribution in [0, 0.1) is 5.92 Å². The van der Waals surface area contributed by atoms with E-state index in [4.69, 9.17) is 9.97 Å². The van der Waals surface area contributed by atoms with Crippen LogP contribution >= 0.6 is 0 Å². The second kappa shape index (κ2) is 14.6. The summed E-state index contributed by atoms with van der Waals surface area (Å²) in [5.74, 6) is 0.648. The van der Waals surface area contributed by atoms with Crippen molar-refractivity contribution in [1.82, 2.24) is 40.0 Å². The normalized spacial score (nSPS) is 19.2. The minimum atomic E-state index is -0.410. The van der Waals surface area contributed by atoms with Crippen LogP contribution in [-0.4, -0.2) is 85.2 Å². The van der Waals surface area contributed by atoms with Crippen LogP contribution in [0.15, 0.2) is 73.6 Å². The summed E-state index contributed by atoms with van der Waals surface area (Å²) in [6, 6.07) is 17.6. The van der Waals surface area contributed by atoms with Gasteiger partial charge in [-0.3, -0.25) is 34.5 Å². The molecule has 13 heteroatoms. The van der Waals surface area contributed by atoms with Gasteiger partial charge in [-0.2, -0.15) is 0 Å². The van der Waals surface area contributed by atoms with Gasteiger partial charge in [-0.25, -0.2) is 4.98 Å². The van der Waals surface area contributed by atoms with Crippen molar-refractivity contribution < 1.29 is 19.2 Å². The second-order valence-corrected chi connectivity index (χ2v) is 15.5. The van der Waals surface area contributed by atoms with E-state index in [1.807, 2.05) is 46.3 Å². The number of aryl methyl sites for hydroxylation is 1. The topological polar surface area (TPSA) is 146 Å². The number of rotatable bonds is 8. The van der Waals surface area contributed by atoms with Crippen LogP contribution in [0.5, 0.6) is 0 Å². The monoisotopic (exact) mass is 763 g/mol. The number of imide groups is 1. The maximum absolute atomic E-state index is 13.3. The number of carbonyl (C=O) groups excluding carboxylic acids is 4. The number of aromatic nitrogens is 4. The molecule has 0 saturated carbocycles. The molecule has 4 amide bonds. The molecule has 13 nitrogen and oxygen atoms in total. The third-order valence-corrected chi connectivity index (χ3v) is 12.1. The summed E-state index contributed by atoms with van der Waals surface area (Å²) in [7, 11) is 0. The molecule has 0 spiro atoms. The van der Waals surface area contributed by atoms with Gasteiger partial charge in [0.1, 0.15) is 17.6 Å². The lowest BCUT2D eigenvalue weighted by molar-refractivity contribution is -0.136. The number of amides is 4. The molecule has 7 heterocycles. The number of piperidine rings is 1. The Morgan fingerprint density at radius 3 is 2.60 bits per heavy atom. The van der Waals surface area contributed by atoms with Gasteiger partial charge in [-0.05, 0) is 48.4 Å². The van der Waals surface area contributed by atoms with Gasteiger partial charge in [0, 0.05) is 110 Å². The highest BCUT2D eigenvalue weighted by molar-refractivity contribution is 6.01. The highest BCUT2D eigenvalue weighted by Gasteiger charge is 2.38. The van der Waals surface area contributed by atoms with E-state index in [0.717, 1.165) is 99.8 Å². The fourth-order valence-corrected chi connectivity index (χ4v) is 8.96. The van der Waals surface area contributed by atoms with Crippen molar-refractivity contribution in [2.24, 2.45) is 5.92 Å². The van der Waals surface area contributed by atoms with E-state index in [2.05, 4.69) is 56.8 Å². The van der Waals surface area contributed by atoms with Crippen molar-refractivity contribution >= 4 is 45.8 Å². The highest BCUT2D eigenvalue weighted by Crippen LogP contribution is 2.41. The van der Waals surface area contributed by atoms with Gasteiger partial charge in [-0.15, -0.1) is 0 Å². The van der Waals surface area contributed by atoms with Crippen molar-refractivity contribution in [2.45, 2.75) is 65.2 Å². The molecule has 2 saturated heterocycles. The van der Waals surface area contributed by atoms with Crippen molar-refractivity contribution in [1.29, 1.82) is 0 Å². The van der Waals surface area contributed by atoms with Crippen LogP contribution < -0.4 is 15.5 Å². The molecule has 5 aromatic rings. The molecule has 9 rings (SSSR count). The molecule has 0 aliphatic carbocycles. The third kappa shape index (κ3) is 6.60. The van der Waals surface area contributed by atoms with Gasteiger partial charge in [0.2, 0.25) is 17.7 Å². The molecular formula is C44H45N9O4. The minimum Gasteiger partial charge on any atom is -0.371 e. The Hall–Kier alpha value is -6.37. The van der Waals surface area contributed by atoms with Crippen LogP contribution in [0.2, 0.25) is 0 Å². The number of benzene rings is 2. The Morgan fingerprint density at radius 2 is 1.81 bits per heavy atom. The Labute approximate surface area is 330 Å². The molecule has 2 N–H and O–H groups in total. The SMILES string of the molecule is C=C1c2cccc(N3CCC(CNC(=O)c4ccc(-c5cc6cccc(-c7nc(CC)n8c7CN(C(C)=O)CC8)c6cn5)cn4)C3)c2CN1C1CCC(=O)NC1=O. The van der Waals surface area contributed by atoms with E-state index in [1.165, 1.54) is 0 Å². The number of pyridine rings is 2. The van der Waals surface area contributed by atoms with Gasteiger partial charge >= 0.3 is 0 Å². The standard InChI is InChI=1S/C44H45N9O4/c1-4-40-48-42(39-25-50(27(3)54)17-18-52(39)40)32-9-5-7-29-19-36(46-22-33(29)32)30-11-12-35(45-21-30)43(56)47-20-28-15-16-51(23-28)37-10-6-8-31-26(2)53(24-34(31)37)38-13-14-41(55)49-44(38)57/h5-12,19,21-22,28,38H,2,4,13-18,20,23-25H2,1,3H3,(H,47,56)(H,49,55,57). The summed E-state index contributed by atoms with van der Waals surface area (Å²) < 4.78 is 2.26. The number of nitrogens with zero attached hydrogens (tertiary/aromatic N) is 7. The zero-order valence-electron chi connectivity index (χ0n) is 32.3. The third-order valence-electron chi connectivity index (χ3n) is 12.1. The molecule has 57 heavy (non-hydrogen) atoms. The molecule has 0 radical (unpaired) electrons. The zero-order valence-corrected chi connectivity index (χ0v) is 32.3. The van der Waals surface area contributed by atoms with Gasteiger partial charge in [-0.1, -0.05) is 43.8 Å². The number of carbonyl (C=O) groups is 4. The summed E-state index contributed by atoms with van der Waals surface area (Å²) in [6.45, 7) is 12.7. The molecule has 2 atom stereocenters. The number of nitrogens with one attached hydrogen (secondary N) is 2. The Bertz CT molecular complexity index is 2470. The van der Waals surface area contributed by atoms with Crippen LogP contribution in [-0.2, 0) is 40.4 Å². The summed E-state index contributed by atoms with van der Waals surface area (Å²) in [4.78, 5) is 70.6.